The van der Waals surface area contributed by atoms with Crippen molar-refractivity contribution in [1.29, 1.82) is 0 Å². The number of carbonyl (C=O) groups excluding carboxylic acids is 1. The molecule has 0 saturated carbocycles. The number of aryl methyl sites for hydroxylation is 1. The summed E-state index contributed by atoms with van der Waals surface area (Å²) in [6.07, 6.45) is 1.62. The summed E-state index contributed by atoms with van der Waals surface area (Å²) < 4.78 is 16.1. The Morgan fingerprint density at radius 3 is 2.46 bits per heavy atom. The number of pyridine rings is 1. The topological polar surface area (TPSA) is 72.9 Å². The molecule has 0 radical (unpaired) electrons. The van der Waals surface area contributed by atoms with Gasteiger partial charge in [0.05, 0.1) is 39.0 Å². The molecular formula is C21H27N3O4. The third-order valence-corrected chi connectivity index (χ3v) is 4.91. The van der Waals surface area contributed by atoms with Gasteiger partial charge in [-0.2, -0.15) is 0 Å². The van der Waals surface area contributed by atoms with Crippen LogP contribution < -0.4 is 14.8 Å². The Labute approximate surface area is 165 Å². The highest BCUT2D eigenvalue weighted by Gasteiger charge is 2.19. The number of benzene rings is 1. The number of nitrogens with one attached hydrogen (secondary N) is 1. The van der Waals surface area contributed by atoms with Crippen molar-refractivity contribution in [2.45, 2.75) is 19.9 Å². The van der Waals surface area contributed by atoms with Crippen LogP contribution >= 0.6 is 0 Å². The molecule has 7 nitrogen and oxygen atoms in total. The number of aromatic nitrogens is 1. The summed E-state index contributed by atoms with van der Waals surface area (Å²) in [4.78, 5) is 18.7. The van der Waals surface area contributed by atoms with Crippen LogP contribution in [0.1, 0.15) is 34.5 Å². The van der Waals surface area contributed by atoms with E-state index < -0.39 is 0 Å². The molecule has 0 spiro atoms. The van der Waals surface area contributed by atoms with Gasteiger partial charge in [0.2, 0.25) is 0 Å². The molecule has 1 aromatic heterocycles. The van der Waals surface area contributed by atoms with E-state index in [1.165, 1.54) is 0 Å². The minimum absolute atomic E-state index is 0.00750. The van der Waals surface area contributed by atoms with Crippen molar-refractivity contribution in [3.8, 4) is 11.5 Å². The lowest BCUT2D eigenvalue weighted by Gasteiger charge is -2.26. The fraction of sp³-hybridized carbons (Fsp3) is 0.429. The Balaban J connectivity index is 1.71. The SMILES string of the molecule is COc1cc(C)c(C(C)Nc2ccc(C(=O)N3CCOCC3)cn2)cc1OC. The second kappa shape index (κ2) is 8.93. The molecule has 1 aromatic carbocycles. The smallest absolute Gasteiger partial charge is 0.255 e. The fourth-order valence-corrected chi connectivity index (χ4v) is 3.32. The zero-order chi connectivity index (χ0) is 20.1. The summed E-state index contributed by atoms with van der Waals surface area (Å²) in [5.74, 6) is 2.10. The molecule has 0 bridgehead atoms. The highest BCUT2D eigenvalue weighted by molar-refractivity contribution is 5.94. The maximum absolute atomic E-state index is 12.5. The Morgan fingerprint density at radius 2 is 1.86 bits per heavy atom. The lowest BCUT2D eigenvalue weighted by atomic mass is 10.0. The van der Waals surface area contributed by atoms with Gasteiger partial charge in [-0.15, -0.1) is 0 Å². The molecule has 1 fully saturated rings. The van der Waals surface area contributed by atoms with Gasteiger partial charge >= 0.3 is 0 Å². The normalized spacial score (nSPS) is 15.1. The molecule has 3 rings (SSSR count). The number of amides is 1. The van der Waals surface area contributed by atoms with Crippen molar-refractivity contribution >= 4 is 11.7 Å². The standard InChI is InChI=1S/C21H27N3O4/c1-14-11-18(26-3)19(27-4)12-17(14)15(2)23-20-6-5-16(13-22-20)21(25)24-7-9-28-10-8-24/h5-6,11-13,15H,7-10H2,1-4H3,(H,22,23). The number of ether oxygens (including phenoxy) is 3. The number of hydrogen-bond acceptors (Lipinski definition) is 6. The van der Waals surface area contributed by atoms with Gasteiger partial charge in [0.15, 0.2) is 11.5 Å². The minimum Gasteiger partial charge on any atom is -0.493 e. The van der Waals surface area contributed by atoms with Crippen LogP contribution in [0.15, 0.2) is 30.5 Å². The first kappa shape index (κ1) is 19.9. The van der Waals surface area contributed by atoms with E-state index in [0.29, 0.717) is 49.2 Å². The molecule has 150 valence electrons. The summed E-state index contributed by atoms with van der Waals surface area (Å²) in [5, 5.41) is 3.38. The second-order valence-corrected chi connectivity index (χ2v) is 6.77. The van der Waals surface area contributed by atoms with Crippen LogP contribution in [0.25, 0.3) is 0 Å². The van der Waals surface area contributed by atoms with Crippen LogP contribution in [0.4, 0.5) is 5.82 Å². The second-order valence-electron chi connectivity index (χ2n) is 6.77. The minimum atomic E-state index is -0.00821. The number of methoxy groups -OCH3 is 2. The maximum atomic E-state index is 12.5. The first-order valence-corrected chi connectivity index (χ1v) is 9.35. The van der Waals surface area contributed by atoms with Crippen molar-refractivity contribution in [1.82, 2.24) is 9.88 Å². The number of hydrogen-bond donors (Lipinski definition) is 1. The third-order valence-electron chi connectivity index (χ3n) is 4.91. The molecule has 1 N–H and O–H groups in total. The number of rotatable bonds is 6. The predicted octanol–water partition coefficient (Wildman–Crippen LogP) is 3.05. The van der Waals surface area contributed by atoms with Gasteiger partial charge in [-0.25, -0.2) is 4.98 Å². The van der Waals surface area contributed by atoms with Gasteiger partial charge < -0.3 is 24.4 Å². The van der Waals surface area contributed by atoms with E-state index in [2.05, 4.69) is 17.2 Å². The lowest BCUT2D eigenvalue weighted by molar-refractivity contribution is 0.0302. The number of anilines is 1. The molecule has 2 heterocycles. The van der Waals surface area contributed by atoms with E-state index >= 15 is 0 Å². The summed E-state index contributed by atoms with van der Waals surface area (Å²) in [5.41, 5.74) is 2.77. The van der Waals surface area contributed by atoms with Crippen molar-refractivity contribution in [3.63, 3.8) is 0 Å². The maximum Gasteiger partial charge on any atom is 0.255 e. The zero-order valence-electron chi connectivity index (χ0n) is 16.8. The molecule has 1 saturated heterocycles. The van der Waals surface area contributed by atoms with Gasteiger partial charge in [-0.1, -0.05) is 0 Å². The highest BCUT2D eigenvalue weighted by atomic mass is 16.5. The van der Waals surface area contributed by atoms with Crippen molar-refractivity contribution < 1.29 is 19.0 Å². The molecule has 7 heteroatoms. The van der Waals surface area contributed by atoms with Crippen molar-refractivity contribution in [2.24, 2.45) is 0 Å². The molecule has 1 amide bonds. The van der Waals surface area contributed by atoms with Crippen LogP contribution in [0.3, 0.4) is 0 Å². The Kier molecular flexibility index (Phi) is 6.36. The first-order chi connectivity index (χ1) is 13.5. The highest BCUT2D eigenvalue weighted by Crippen LogP contribution is 2.33. The van der Waals surface area contributed by atoms with Crippen LogP contribution in [0.5, 0.6) is 11.5 Å². The molecule has 1 aliphatic rings. The van der Waals surface area contributed by atoms with E-state index in [1.54, 1.807) is 31.4 Å². The summed E-state index contributed by atoms with van der Waals surface area (Å²) in [6.45, 7) is 6.50. The van der Waals surface area contributed by atoms with Crippen LogP contribution in [0, 0.1) is 6.92 Å². The van der Waals surface area contributed by atoms with Crippen LogP contribution in [0.2, 0.25) is 0 Å². The molecular weight excluding hydrogens is 358 g/mol. The number of morpholine rings is 1. The average molecular weight is 385 g/mol. The molecule has 2 aromatic rings. The Morgan fingerprint density at radius 1 is 1.18 bits per heavy atom. The summed E-state index contributed by atoms with van der Waals surface area (Å²) in [7, 11) is 3.25. The van der Waals surface area contributed by atoms with E-state index in [9.17, 15) is 4.79 Å². The molecule has 1 atom stereocenters. The fourth-order valence-electron chi connectivity index (χ4n) is 3.32. The van der Waals surface area contributed by atoms with Gasteiger partial charge in [-0.3, -0.25) is 4.79 Å². The lowest BCUT2D eigenvalue weighted by Crippen LogP contribution is -2.40. The Bertz CT molecular complexity index is 817. The van der Waals surface area contributed by atoms with E-state index in [0.717, 1.165) is 11.1 Å². The molecule has 1 aliphatic heterocycles. The number of carbonyl (C=O) groups is 1. The quantitative estimate of drug-likeness (QED) is 0.824. The van der Waals surface area contributed by atoms with Crippen molar-refractivity contribution in [2.75, 3.05) is 45.8 Å². The molecule has 28 heavy (non-hydrogen) atoms. The average Bonchev–Trinajstić information content (AvgIpc) is 2.74. The van der Waals surface area contributed by atoms with Gasteiger partial charge in [0, 0.05) is 19.3 Å². The monoisotopic (exact) mass is 385 g/mol. The van der Waals surface area contributed by atoms with Gasteiger partial charge in [0.25, 0.3) is 5.91 Å². The van der Waals surface area contributed by atoms with E-state index in [-0.39, 0.29) is 11.9 Å². The van der Waals surface area contributed by atoms with Gasteiger partial charge in [-0.05, 0) is 49.2 Å². The van der Waals surface area contributed by atoms with E-state index in [1.807, 2.05) is 25.1 Å². The first-order valence-electron chi connectivity index (χ1n) is 9.35. The third kappa shape index (κ3) is 4.36. The van der Waals surface area contributed by atoms with Gasteiger partial charge in [0.1, 0.15) is 5.82 Å². The molecule has 0 aliphatic carbocycles. The summed E-state index contributed by atoms with van der Waals surface area (Å²) in [6, 6.07) is 7.58. The largest absolute Gasteiger partial charge is 0.493 e. The van der Waals surface area contributed by atoms with E-state index in [4.69, 9.17) is 14.2 Å². The van der Waals surface area contributed by atoms with Crippen LogP contribution in [-0.4, -0.2) is 56.3 Å². The van der Waals surface area contributed by atoms with Crippen LogP contribution in [-0.2, 0) is 4.74 Å². The van der Waals surface area contributed by atoms with Crippen molar-refractivity contribution in [3.05, 3.63) is 47.2 Å². The zero-order valence-corrected chi connectivity index (χ0v) is 16.8. The predicted molar refractivity (Wildman–Crippen MR) is 107 cm³/mol. The molecule has 1 unspecified atom stereocenters. The Hall–Kier alpha value is -2.80. The summed E-state index contributed by atoms with van der Waals surface area (Å²) >= 11 is 0. The number of nitrogens with zero attached hydrogens (tertiary/aromatic N) is 2.